The first-order chi connectivity index (χ1) is 10.7. The van der Waals surface area contributed by atoms with Gasteiger partial charge >= 0.3 is 0 Å². The molecule has 0 saturated carbocycles. The molecule has 0 fully saturated rings. The lowest BCUT2D eigenvalue weighted by Crippen LogP contribution is -2.05. The largest absolute Gasteiger partial charge is 0.492 e. The van der Waals surface area contributed by atoms with Gasteiger partial charge in [0.05, 0.1) is 19.8 Å². The quantitative estimate of drug-likeness (QED) is 0.475. The van der Waals surface area contributed by atoms with E-state index in [0.717, 1.165) is 46.2 Å². The number of alkyl halides is 1. The highest BCUT2D eigenvalue weighted by atomic mass is 79.9. The van der Waals surface area contributed by atoms with E-state index in [1.807, 2.05) is 44.2 Å². The van der Waals surface area contributed by atoms with Gasteiger partial charge in [0, 0.05) is 10.7 Å². The second-order valence-corrected chi connectivity index (χ2v) is 6.18. The molecule has 2 rings (SSSR count). The van der Waals surface area contributed by atoms with Gasteiger partial charge in [-0.25, -0.2) is 0 Å². The van der Waals surface area contributed by atoms with Crippen LogP contribution >= 0.6 is 15.9 Å². The van der Waals surface area contributed by atoms with Crippen molar-refractivity contribution in [2.75, 3.05) is 19.0 Å². The molecule has 2 aromatic carbocycles. The molecule has 0 radical (unpaired) electrons. The van der Waals surface area contributed by atoms with Gasteiger partial charge in [-0.05, 0) is 56.3 Å². The molecule has 0 aliphatic heterocycles. The summed E-state index contributed by atoms with van der Waals surface area (Å²) in [5.74, 6) is 2.45. The van der Waals surface area contributed by atoms with E-state index in [2.05, 4.69) is 15.9 Å². The molecule has 0 aliphatic rings. The van der Waals surface area contributed by atoms with Crippen molar-refractivity contribution in [2.24, 2.45) is 0 Å². The van der Waals surface area contributed by atoms with E-state index in [9.17, 15) is 0 Å². The molecule has 0 atom stereocenters. The zero-order valence-corrected chi connectivity index (χ0v) is 15.0. The molecule has 120 valence electrons. The van der Waals surface area contributed by atoms with Crippen LogP contribution in [-0.4, -0.2) is 25.2 Å². The van der Waals surface area contributed by atoms with Gasteiger partial charge in [-0.3, -0.25) is 0 Å². The van der Waals surface area contributed by atoms with Crippen molar-refractivity contribution in [3.63, 3.8) is 0 Å². The molecule has 2 aromatic rings. The number of benzene rings is 2. The summed E-state index contributed by atoms with van der Waals surface area (Å²) in [6.07, 6.45) is 2.29. The Balaban J connectivity index is 2.25. The number of hydrogen-bond acceptors (Lipinski definition) is 3. The number of rotatable bonds is 8. The standard InChI is InChI=1S/C18H23BrO3/c1-13(2)22-15-7-8-16-14(12-15)6-9-17(18(16)20-3)21-11-5-4-10-19/h6-9,12-13H,4-5,10-11H2,1-3H3. The molecule has 0 amide bonds. The maximum atomic E-state index is 5.86. The van der Waals surface area contributed by atoms with E-state index < -0.39 is 0 Å². The molecule has 0 unspecified atom stereocenters. The van der Waals surface area contributed by atoms with Crippen LogP contribution in [0.5, 0.6) is 17.2 Å². The Hall–Kier alpha value is -1.42. The van der Waals surface area contributed by atoms with Gasteiger partial charge in [-0.2, -0.15) is 0 Å². The Kier molecular flexibility index (Phi) is 6.37. The summed E-state index contributed by atoms with van der Waals surface area (Å²) >= 11 is 3.43. The minimum absolute atomic E-state index is 0.163. The summed E-state index contributed by atoms with van der Waals surface area (Å²) in [6.45, 7) is 4.74. The topological polar surface area (TPSA) is 27.7 Å². The molecule has 3 nitrogen and oxygen atoms in total. The third-order valence-corrected chi connectivity index (χ3v) is 3.83. The number of methoxy groups -OCH3 is 1. The van der Waals surface area contributed by atoms with Gasteiger partial charge < -0.3 is 14.2 Å². The number of fused-ring (bicyclic) bond motifs is 1. The Morgan fingerprint density at radius 1 is 1.09 bits per heavy atom. The fourth-order valence-electron chi connectivity index (χ4n) is 2.31. The summed E-state index contributed by atoms with van der Waals surface area (Å²) in [5.41, 5.74) is 0. The molecule has 0 spiro atoms. The van der Waals surface area contributed by atoms with E-state index in [0.29, 0.717) is 6.61 Å². The van der Waals surface area contributed by atoms with Crippen LogP contribution in [0.4, 0.5) is 0 Å². The third kappa shape index (κ3) is 4.29. The average Bonchev–Trinajstić information content (AvgIpc) is 2.50. The number of halogens is 1. The van der Waals surface area contributed by atoms with Crippen LogP contribution in [0, 0.1) is 0 Å². The second kappa shape index (κ2) is 8.28. The minimum Gasteiger partial charge on any atom is -0.492 e. The van der Waals surface area contributed by atoms with Crippen molar-refractivity contribution in [3.05, 3.63) is 30.3 Å². The van der Waals surface area contributed by atoms with Gasteiger partial charge in [0.1, 0.15) is 5.75 Å². The monoisotopic (exact) mass is 366 g/mol. The smallest absolute Gasteiger partial charge is 0.168 e. The predicted molar refractivity (Wildman–Crippen MR) is 94.8 cm³/mol. The van der Waals surface area contributed by atoms with Crippen molar-refractivity contribution >= 4 is 26.7 Å². The molecule has 4 heteroatoms. The van der Waals surface area contributed by atoms with E-state index in [1.165, 1.54) is 0 Å². The predicted octanol–water partition coefficient (Wildman–Crippen LogP) is 5.19. The summed E-state index contributed by atoms with van der Waals surface area (Å²) in [4.78, 5) is 0. The van der Waals surface area contributed by atoms with Crippen LogP contribution in [0.1, 0.15) is 26.7 Å². The molecule has 0 saturated heterocycles. The van der Waals surface area contributed by atoms with Gasteiger partial charge in [-0.1, -0.05) is 22.0 Å². The average molecular weight is 367 g/mol. The molecule has 0 bridgehead atoms. The van der Waals surface area contributed by atoms with Gasteiger partial charge in [-0.15, -0.1) is 0 Å². The highest BCUT2D eigenvalue weighted by molar-refractivity contribution is 9.09. The molecular weight excluding hydrogens is 344 g/mol. The lowest BCUT2D eigenvalue weighted by Gasteiger charge is -2.15. The van der Waals surface area contributed by atoms with Crippen LogP contribution in [0.2, 0.25) is 0 Å². The van der Waals surface area contributed by atoms with Crippen molar-refractivity contribution in [1.29, 1.82) is 0 Å². The number of hydrogen-bond donors (Lipinski definition) is 0. The lowest BCUT2D eigenvalue weighted by molar-refractivity contribution is 0.242. The van der Waals surface area contributed by atoms with Crippen molar-refractivity contribution in [3.8, 4) is 17.2 Å². The van der Waals surface area contributed by atoms with Crippen molar-refractivity contribution in [2.45, 2.75) is 32.8 Å². The van der Waals surface area contributed by atoms with Crippen LogP contribution in [0.15, 0.2) is 30.3 Å². The normalized spacial score (nSPS) is 11.0. The van der Waals surface area contributed by atoms with Gasteiger partial charge in [0.15, 0.2) is 11.5 Å². The SMILES string of the molecule is COc1c(OCCCCBr)ccc2cc(OC(C)C)ccc12. The summed E-state index contributed by atoms with van der Waals surface area (Å²) in [5, 5.41) is 3.13. The summed E-state index contributed by atoms with van der Waals surface area (Å²) < 4.78 is 17.2. The van der Waals surface area contributed by atoms with Crippen molar-refractivity contribution in [1.82, 2.24) is 0 Å². The molecular formula is C18H23BrO3. The third-order valence-electron chi connectivity index (χ3n) is 3.27. The minimum atomic E-state index is 0.163. The molecule has 0 N–H and O–H groups in total. The fourth-order valence-corrected chi connectivity index (χ4v) is 2.70. The summed E-state index contributed by atoms with van der Waals surface area (Å²) in [6, 6.07) is 10.0. The Morgan fingerprint density at radius 2 is 1.91 bits per heavy atom. The van der Waals surface area contributed by atoms with Gasteiger partial charge in [0.2, 0.25) is 0 Å². The van der Waals surface area contributed by atoms with E-state index in [-0.39, 0.29) is 6.10 Å². The first kappa shape index (κ1) is 16.9. The fraction of sp³-hybridized carbons (Fsp3) is 0.444. The first-order valence-corrected chi connectivity index (χ1v) is 8.74. The zero-order valence-electron chi connectivity index (χ0n) is 13.4. The Bertz CT molecular complexity index is 611. The molecule has 0 aromatic heterocycles. The zero-order chi connectivity index (χ0) is 15.9. The summed E-state index contributed by atoms with van der Waals surface area (Å²) in [7, 11) is 1.68. The molecule has 0 aliphatic carbocycles. The highest BCUT2D eigenvalue weighted by Crippen LogP contribution is 2.37. The Morgan fingerprint density at radius 3 is 2.59 bits per heavy atom. The van der Waals surface area contributed by atoms with Crippen LogP contribution in [0.25, 0.3) is 10.8 Å². The highest BCUT2D eigenvalue weighted by Gasteiger charge is 2.10. The number of unbranched alkanes of at least 4 members (excludes halogenated alkanes) is 1. The van der Waals surface area contributed by atoms with Crippen LogP contribution in [0.3, 0.4) is 0 Å². The van der Waals surface area contributed by atoms with Crippen molar-refractivity contribution < 1.29 is 14.2 Å². The molecule has 22 heavy (non-hydrogen) atoms. The molecule has 0 heterocycles. The Labute approximate surface area is 140 Å². The van der Waals surface area contributed by atoms with E-state index >= 15 is 0 Å². The lowest BCUT2D eigenvalue weighted by atomic mass is 10.1. The van der Waals surface area contributed by atoms with E-state index in [4.69, 9.17) is 14.2 Å². The maximum Gasteiger partial charge on any atom is 0.168 e. The number of ether oxygens (including phenoxy) is 3. The van der Waals surface area contributed by atoms with E-state index in [1.54, 1.807) is 7.11 Å². The first-order valence-electron chi connectivity index (χ1n) is 7.62. The van der Waals surface area contributed by atoms with Gasteiger partial charge in [0.25, 0.3) is 0 Å². The second-order valence-electron chi connectivity index (χ2n) is 5.39. The maximum absolute atomic E-state index is 5.86. The van der Waals surface area contributed by atoms with Crippen LogP contribution in [-0.2, 0) is 0 Å². The van der Waals surface area contributed by atoms with Crippen LogP contribution < -0.4 is 14.2 Å².